The summed E-state index contributed by atoms with van der Waals surface area (Å²) in [6.45, 7) is 5.77. The van der Waals surface area contributed by atoms with E-state index < -0.39 is 0 Å². The van der Waals surface area contributed by atoms with Crippen molar-refractivity contribution in [3.63, 3.8) is 0 Å². The molecule has 0 spiro atoms. The number of hydrogen-bond donors (Lipinski definition) is 1. The van der Waals surface area contributed by atoms with E-state index in [1.165, 1.54) is 0 Å². The zero-order valence-corrected chi connectivity index (χ0v) is 11.8. The molecule has 0 bridgehead atoms. The molecule has 4 nitrogen and oxygen atoms in total. The van der Waals surface area contributed by atoms with Gasteiger partial charge in [0.2, 0.25) is 5.91 Å². The molecular weight excluding hydrogens is 250 g/mol. The molecule has 4 heteroatoms. The predicted molar refractivity (Wildman–Crippen MR) is 81.1 cm³/mol. The average molecular weight is 269 g/mol. The number of imidazole rings is 1. The highest BCUT2D eigenvalue weighted by molar-refractivity contribution is 5.80. The van der Waals surface area contributed by atoms with Crippen molar-refractivity contribution in [3.05, 3.63) is 48.8 Å². The molecular formula is C16H19N3O. The molecule has 0 saturated heterocycles. The molecule has 0 aliphatic heterocycles. The van der Waals surface area contributed by atoms with Gasteiger partial charge in [-0.2, -0.15) is 0 Å². The van der Waals surface area contributed by atoms with E-state index in [1.807, 2.05) is 42.0 Å². The maximum absolute atomic E-state index is 12.0. The van der Waals surface area contributed by atoms with E-state index in [1.54, 1.807) is 19.3 Å². The maximum Gasteiger partial charge on any atom is 0.242 e. The van der Waals surface area contributed by atoms with Crippen molar-refractivity contribution in [2.45, 2.75) is 19.4 Å². The first-order valence-electron chi connectivity index (χ1n) is 6.68. The van der Waals surface area contributed by atoms with E-state index in [4.69, 9.17) is 0 Å². The molecule has 104 valence electrons. The van der Waals surface area contributed by atoms with Gasteiger partial charge in [0.1, 0.15) is 11.9 Å². The third kappa shape index (κ3) is 2.64. The molecule has 2 rings (SSSR count). The number of amides is 1. The monoisotopic (exact) mass is 269 g/mol. The van der Waals surface area contributed by atoms with Gasteiger partial charge < -0.3 is 9.88 Å². The number of aromatic nitrogens is 2. The molecule has 1 amide bonds. The lowest BCUT2D eigenvalue weighted by atomic mass is 10.1. The van der Waals surface area contributed by atoms with E-state index in [0.717, 1.165) is 17.0 Å². The summed E-state index contributed by atoms with van der Waals surface area (Å²) in [6, 6.07) is 7.71. The molecule has 1 atom stereocenters. The molecule has 0 aliphatic rings. The van der Waals surface area contributed by atoms with Crippen molar-refractivity contribution in [1.29, 1.82) is 0 Å². The zero-order chi connectivity index (χ0) is 14.5. The lowest BCUT2D eigenvalue weighted by molar-refractivity contribution is -0.123. The number of hydrogen-bond acceptors (Lipinski definition) is 2. The minimum Gasteiger partial charge on any atom is -0.357 e. The lowest BCUT2D eigenvalue weighted by Gasteiger charge is -2.18. The van der Waals surface area contributed by atoms with Crippen LogP contribution in [-0.2, 0) is 4.79 Å². The first-order chi connectivity index (χ1) is 9.71. The molecule has 1 heterocycles. The van der Waals surface area contributed by atoms with Crippen molar-refractivity contribution in [1.82, 2.24) is 14.9 Å². The van der Waals surface area contributed by atoms with Gasteiger partial charge in [-0.25, -0.2) is 4.98 Å². The van der Waals surface area contributed by atoms with Gasteiger partial charge in [0.05, 0.1) is 0 Å². The minimum absolute atomic E-state index is 0.00775. The first-order valence-corrected chi connectivity index (χ1v) is 6.68. The van der Waals surface area contributed by atoms with Crippen molar-refractivity contribution < 1.29 is 4.79 Å². The van der Waals surface area contributed by atoms with E-state index in [9.17, 15) is 4.79 Å². The van der Waals surface area contributed by atoms with Crippen molar-refractivity contribution in [2.24, 2.45) is 0 Å². The highest BCUT2D eigenvalue weighted by Gasteiger charge is 2.20. The Balaban J connectivity index is 2.46. The van der Waals surface area contributed by atoms with Gasteiger partial charge in [-0.1, -0.05) is 37.8 Å². The van der Waals surface area contributed by atoms with E-state index in [0.29, 0.717) is 6.42 Å². The van der Waals surface area contributed by atoms with Crippen molar-refractivity contribution in [2.75, 3.05) is 7.05 Å². The first kappa shape index (κ1) is 14.1. The van der Waals surface area contributed by atoms with Crippen LogP contribution in [0.2, 0.25) is 0 Å². The van der Waals surface area contributed by atoms with Crippen LogP contribution in [0.4, 0.5) is 0 Å². The highest BCUT2D eigenvalue weighted by atomic mass is 16.2. The third-order valence-electron chi connectivity index (χ3n) is 3.32. The summed E-state index contributed by atoms with van der Waals surface area (Å²) in [4.78, 5) is 16.4. The third-order valence-corrected chi connectivity index (χ3v) is 3.32. The Morgan fingerprint density at radius 2 is 2.35 bits per heavy atom. The van der Waals surface area contributed by atoms with E-state index >= 15 is 0 Å². The number of carbonyl (C=O) groups is 1. The van der Waals surface area contributed by atoms with Gasteiger partial charge >= 0.3 is 0 Å². The molecule has 0 aliphatic carbocycles. The van der Waals surface area contributed by atoms with Gasteiger partial charge in [-0.05, 0) is 18.1 Å². The second kappa shape index (κ2) is 6.19. The van der Waals surface area contributed by atoms with Crippen LogP contribution in [0.25, 0.3) is 17.5 Å². The van der Waals surface area contributed by atoms with Crippen LogP contribution in [0.1, 0.15) is 24.9 Å². The summed E-state index contributed by atoms with van der Waals surface area (Å²) in [5.74, 6) is 0.788. The summed E-state index contributed by atoms with van der Waals surface area (Å²) < 4.78 is 1.92. The summed E-state index contributed by atoms with van der Waals surface area (Å²) in [6.07, 6.45) is 6.08. The van der Waals surface area contributed by atoms with Gasteiger partial charge in [0.15, 0.2) is 0 Å². The molecule has 0 saturated carbocycles. The van der Waals surface area contributed by atoms with Crippen LogP contribution < -0.4 is 5.32 Å². The van der Waals surface area contributed by atoms with E-state index in [-0.39, 0.29) is 11.9 Å². The Bertz CT molecular complexity index is 616. The van der Waals surface area contributed by atoms with Gasteiger partial charge in [-0.3, -0.25) is 4.79 Å². The summed E-state index contributed by atoms with van der Waals surface area (Å²) in [7, 11) is 1.65. The van der Waals surface area contributed by atoms with Crippen LogP contribution in [-0.4, -0.2) is 22.5 Å². The normalized spacial score (nSPS) is 11.9. The summed E-state index contributed by atoms with van der Waals surface area (Å²) in [5, 5.41) is 2.70. The summed E-state index contributed by atoms with van der Waals surface area (Å²) >= 11 is 0. The number of nitrogens with zero attached hydrogens (tertiary/aromatic N) is 2. The lowest BCUT2D eigenvalue weighted by Crippen LogP contribution is -2.29. The van der Waals surface area contributed by atoms with Gasteiger partial charge in [-0.15, -0.1) is 0 Å². The quantitative estimate of drug-likeness (QED) is 0.907. The molecule has 0 fully saturated rings. The number of benzene rings is 1. The number of rotatable bonds is 5. The van der Waals surface area contributed by atoms with E-state index in [2.05, 4.69) is 16.9 Å². The van der Waals surface area contributed by atoms with Crippen LogP contribution >= 0.6 is 0 Å². The molecule has 20 heavy (non-hydrogen) atoms. The van der Waals surface area contributed by atoms with Gasteiger partial charge in [0.25, 0.3) is 0 Å². The van der Waals surface area contributed by atoms with Crippen molar-refractivity contribution >= 4 is 12.0 Å². The molecule has 0 radical (unpaired) electrons. The Morgan fingerprint density at radius 1 is 1.55 bits per heavy atom. The number of carbonyl (C=O) groups excluding carboxylic acids is 1. The van der Waals surface area contributed by atoms with Crippen LogP contribution in [0.5, 0.6) is 0 Å². The fourth-order valence-corrected chi connectivity index (χ4v) is 2.27. The second-order valence-corrected chi connectivity index (χ2v) is 4.53. The zero-order valence-electron chi connectivity index (χ0n) is 11.8. The SMILES string of the molecule is C=Cc1cccc(-c2nccn2C(CC)C(=O)NC)c1. The summed E-state index contributed by atoms with van der Waals surface area (Å²) in [5.41, 5.74) is 2.01. The Morgan fingerprint density at radius 3 is 3.00 bits per heavy atom. The Kier molecular flexibility index (Phi) is 4.35. The molecule has 1 unspecified atom stereocenters. The standard InChI is InChI=1S/C16H19N3O/c1-4-12-7-6-8-13(11-12)15-18-9-10-19(15)14(5-2)16(20)17-3/h4,6-11,14H,1,5H2,2-3H3,(H,17,20). The Labute approximate surface area is 119 Å². The second-order valence-electron chi connectivity index (χ2n) is 4.53. The topological polar surface area (TPSA) is 46.9 Å². The molecule has 1 aromatic carbocycles. The smallest absolute Gasteiger partial charge is 0.242 e. The number of likely N-dealkylation sites (N-methyl/N-ethyl adjacent to an activating group) is 1. The predicted octanol–water partition coefficient (Wildman–Crippen LogP) is 2.89. The van der Waals surface area contributed by atoms with Crippen LogP contribution in [0.3, 0.4) is 0 Å². The fourth-order valence-electron chi connectivity index (χ4n) is 2.27. The average Bonchev–Trinajstić information content (AvgIpc) is 2.97. The molecule has 2 aromatic rings. The fraction of sp³-hybridized carbons (Fsp3) is 0.250. The van der Waals surface area contributed by atoms with Gasteiger partial charge in [0, 0.05) is 25.0 Å². The molecule has 1 N–H and O–H groups in total. The highest BCUT2D eigenvalue weighted by Crippen LogP contribution is 2.24. The largest absolute Gasteiger partial charge is 0.357 e. The Hall–Kier alpha value is -2.36. The van der Waals surface area contributed by atoms with Crippen LogP contribution in [0, 0.1) is 0 Å². The van der Waals surface area contributed by atoms with Crippen molar-refractivity contribution in [3.8, 4) is 11.4 Å². The molecule has 1 aromatic heterocycles. The number of nitrogens with one attached hydrogen (secondary N) is 1. The maximum atomic E-state index is 12.0. The minimum atomic E-state index is -0.245. The van der Waals surface area contributed by atoms with Crippen LogP contribution in [0.15, 0.2) is 43.2 Å².